The Bertz CT molecular complexity index is 4200. The average Bonchev–Trinajstić information content (AvgIpc) is 4.16. The number of para-hydroxylation sites is 8. The van der Waals surface area contributed by atoms with Crippen LogP contribution in [0.4, 0.5) is 0 Å². The fourth-order valence-electron chi connectivity index (χ4n) is 9.90. The Labute approximate surface area is 370 Å². The molecule has 6 aromatic heterocycles. The summed E-state index contributed by atoms with van der Waals surface area (Å²) in [7, 11) is 0. The largest absolute Gasteiger partial charge is 0.458 e. The first-order valence-corrected chi connectivity index (χ1v) is 21.7. The van der Waals surface area contributed by atoms with Gasteiger partial charge in [-0.3, -0.25) is 18.1 Å². The Balaban J connectivity index is 0.892. The molecule has 14 rings (SSSR count). The number of hydrogen-bond acceptors (Lipinski definition) is 4. The summed E-state index contributed by atoms with van der Waals surface area (Å²) in [6, 6.07) is 65.1. The summed E-state index contributed by atoms with van der Waals surface area (Å²) in [4.78, 5) is 10.2. The van der Waals surface area contributed by atoms with Crippen LogP contribution in [0, 0.1) is 13.3 Å². The summed E-state index contributed by atoms with van der Waals surface area (Å²) in [6.45, 7) is 2.10. The molecule has 0 amide bonds. The van der Waals surface area contributed by atoms with Crippen LogP contribution < -0.4 is 9.30 Å². The molecular formula is C56H35N7O2. The third kappa shape index (κ3) is 5.23. The molecule has 0 bridgehead atoms. The van der Waals surface area contributed by atoms with Crippen molar-refractivity contribution >= 4 is 82.6 Å². The monoisotopic (exact) mass is 837 g/mol. The minimum Gasteiger partial charge on any atom is -0.458 e. The van der Waals surface area contributed by atoms with Gasteiger partial charge in [0.05, 0.1) is 67.4 Å². The van der Waals surface area contributed by atoms with Crippen molar-refractivity contribution < 1.29 is 13.7 Å². The fraction of sp³-hybridized carbons (Fsp3) is 0.0179. The van der Waals surface area contributed by atoms with Crippen LogP contribution in [0.3, 0.4) is 0 Å². The lowest BCUT2D eigenvalue weighted by molar-refractivity contribution is -0.572. The molecule has 306 valence electrons. The Kier molecular flexibility index (Phi) is 7.41. The predicted octanol–water partition coefficient (Wildman–Crippen LogP) is 12.9. The Hall–Kier alpha value is -8.95. The summed E-state index contributed by atoms with van der Waals surface area (Å²) in [6.07, 6.45) is 5.56. The second-order valence-electron chi connectivity index (χ2n) is 16.5. The van der Waals surface area contributed by atoms with Crippen molar-refractivity contribution in [3.05, 3.63) is 206 Å². The van der Waals surface area contributed by atoms with E-state index in [4.69, 9.17) is 19.1 Å². The van der Waals surface area contributed by atoms with E-state index in [1.54, 1.807) is 0 Å². The number of aromatic nitrogens is 7. The zero-order valence-electron chi connectivity index (χ0n) is 34.9. The molecule has 0 unspecified atom stereocenters. The van der Waals surface area contributed by atoms with E-state index in [1.165, 1.54) is 10.8 Å². The molecule has 0 aliphatic carbocycles. The summed E-state index contributed by atoms with van der Waals surface area (Å²) in [5.74, 6) is 2.88. The van der Waals surface area contributed by atoms with Gasteiger partial charge in [0.15, 0.2) is 5.58 Å². The molecule has 0 radical (unpaired) electrons. The molecule has 0 aliphatic rings. The molecule has 0 fully saturated rings. The molecule has 0 saturated carbocycles. The number of benzene rings is 8. The second-order valence-corrected chi connectivity index (χ2v) is 16.5. The number of aryl methyl sites for hydroxylation is 1. The first-order valence-electron chi connectivity index (χ1n) is 21.7. The van der Waals surface area contributed by atoms with Crippen LogP contribution in [0.15, 0.2) is 199 Å². The summed E-state index contributed by atoms with van der Waals surface area (Å²) < 4.78 is 23.9. The number of hydrogen-bond donors (Lipinski definition) is 0. The normalized spacial score (nSPS) is 12.1. The van der Waals surface area contributed by atoms with Crippen LogP contribution in [0.5, 0.6) is 11.5 Å². The number of rotatable bonds is 6. The van der Waals surface area contributed by atoms with Crippen LogP contribution >= 0.6 is 0 Å². The smallest absolute Gasteiger partial charge is 0.269 e. The predicted molar refractivity (Wildman–Crippen MR) is 257 cm³/mol. The van der Waals surface area contributed by atoms with Gasteiger partial charge in [0.2, 0.25) is 5.78 Å². The van der Waals surface area contributed by atoms with Gasteiger partial charge >= 0.3 is 0 Å². The van der Waals surface area contributed by atoms with Gasteiger partial charge in [-0.25, -0.2) is 9.97 Å². The summed E-state index contributed by atoms with van der Waals surface area (Å²) >= 11 is 0. The van der Waals surface area contributed by atoms with Crippen LogP contribution in [0.2, 0.25) is 0 Å². The van der Waals surface area contributed by atoms with Gasteiger partial charge in [0.25, 0.3) is 6.33 Å². The van der Waals surface area contributed by atoms with E-state index in [-0.39, 0.29) is 0 Å². The molecule has 14 aromatic rings. The van der Waals surface area contributed by atoms with Gasteiger partial charge in [0.1, 0.15) is 22.9 Å². The molecule has 0 spiro atoms. The first-order chi connectivity index (χ1) is 32.1. The third-order valence-corrected chi connectivity index (χ3v) is 12.8. The zero-order chi connectivity index (χ0) is 42.8. The van der Waals surface area contributed by atoms with E-state index < -0.39 is 0 Å². The van der Waals surface area contributed by atoms with Gasteiger partial charge in [0, 0.05) is 27.6 Å². The van der Waals surface area contributed by atoms with Crippen LogP contribution in [-0.2, 0) is 0 Å². The van der Waals surface area contributed by atoms with Crippen molar-refractivity contribution in [1.82, 2.24) is 28.1 Å². The maximum absolute atomic E-state index is 6.77. The van der Waals surface area contributed by atoms with Crippen molar-refractivity contribution in [1.29, 1.82) is 0 Å². The van der Waals surface area contributed by atoms with Gasteiger partial charge in [-0.15, -0.1) is 0 Å². The van der Waals surface area contributed by atoms with E-state index in [0.29, 0.717) is 11.5 Å². The lowest BCUT2D eigenvalue weighted by Crippen LogP contribution is -2.31. The molecular weight excluding hydrogens is 803 g/mol. The van der Waals surface area contributed by atoms with E-state index in [1.807, 2.05) is 42.6 Å². The standard InChI is InChI=1S/C56H35N7O2/c1-35-14-12-26-50-55(35)58-56-62(50)49-29-28-38(31-51(49)63(56)54-32-42-41-19-4-11-27-52(41)65-53(42)33-57-54)64-37-16-13-15-36(30-37)59-34-60(46-23-8-7-22-45(46)59)47-24-9-10-25-48(47)61-43-20-5-2-17-39(43)40-18-3-6-21-44(40)61/h2-33H,1H3. The highest BCUT2D eigenvalue weighted by Crippen LogP contribution is 2.37. The maximum Gasteiger partial charge on any atom is 0.269 e. The van der Waals surface area contributed by atoms with Crippen molar-refractivity contribution in [2.24, 2.45) is 0 Å². The molecule has 8 aromatic carbocycles. The highest BCUT2D eigenvalue weighted by Gasteiger charge is 2.22. The number of ether oxygens (including phenoxy) is 1. The van der Waals surface area contributed by atoms with E-state index in [0.717, 1.165) is 100 Å². The summed E-state index contributed by atoms with van der Waals surface area (Å²) in [5, 5.41) is 4.47. The maximum atomic E-state index is 6.77. The summed E-state index contributed by atoms with van der Waals surface area (Å²) in [5.41, 5.74) is 13.9. The van der Waals surface area contributed by atoms with Gasteiger partial charge < -0.3 is 13.7 Å². The number of furan rings is 1. The number of pyridine rings is 1. The highest BCUT2D eigenvalue weighted by molar-refractivity contribution is 6.09. The molecule has 0 N–H and O–H groups in total. The molecule has 0 atom stereocenters. The fourth-order valence-corrected chi connectivity index (χ4v) is 9.90. The minimum absolute atomic E-state index is 0.684. The topological polar surface area (TPSA) is 71.2 Å². The minimum atomic E-state index is 0.684. The Morgan fingerprint density at radius 2 is 1.25 bits per heavy atom. The lowest BCUT2D eigenvalue weighted by atomic mass is 10.2. The third-order valence-electron chi connectivity index (χ3n) is 12.8. The van der Waals surface area contributed by atoms with Crippen molar-refractivity contribution in [3.8, 4) is 34.4 Å². The number of imidazole rings is 3. The van der Waals surface area contributed by atoms with Crippen LogP contribution in [0.1, 0.15) is 5.56 Å². The van der Waals surface area contributed by atoms with Gasteiger partial charge in [-0.05, 0) is 85.3 Å². The van der Waals surface area contributed by atoms with Crippen molar-refractivity contribution in [3.63, 3.8) is 0 Å². The van der Waals surface area contributed by atoms with Gasteiger partial charge in [-0.2, -0.15) is 0 Å². The number of nitrogens with zero attached hydrogens (tertiary/aromatic N) is 7. The van der Waals surface area contributed by atoms with Crippen molar-refractivity contribution in [2.75, 3.05) is 0 Å². The van der Waals surface area contributed by atoms with E-state index in [2.05, 4.69) is 188 Å². The molecule has 0 saturated heterocycles. The lowest BCUT2D eigenvalue weighted by Gasteiger charge is -2.14. The molecule has 9 heteroatoms. The van der Waals surface area contributed by atoms with Gasteiger partial charge in [-0.1, -0.05) is 109 Å². The molecule has 9 nitrogen and oxygen atoms in total. The highest BCUT2D eigenvalue weighted by atomic mass is 16.5. The van der Waals surface area contributed by atoms with Crippen LogP contribution in [-0.4, -0.2) is 28.1 Å². The van der Waals surface area contributed by atoms with Crippen molar-refractivity contribution in [2.45, 2.75) is 6.92 Å². The average molecular weight is 838 g/mol. The zero-order valence-corrected chi connectivity index (χ0v) is 34.9. The number of fused-ring (bicyclic) bond motifs is 12. The molecule has 0 aliphatic heterocycles. The Morgan fingerprint density at radius 1 is 0.538 bits per heavy atom. The quantitative estimate of drug-likeness (QED) is 0.124. The first kappa shape index (κ1) is 35.6. The molecule has 6 heterocycles. The Morgan fingerprint density at radius 3 is 2.11 bits per heavy atom. The van der Waals surface area contributed by atoms with E-state index >= 15 is 0 Å². The SMILES string of the molecule is Cc1cccc2c1nc1n(-c3cc4c(cn3)oc3ccccc34)c3cc(Oc4cccc(-n5[c-][n+](-c6ccccc6-n6c7ccccc7c7ccccc76)c6ccccc65)c4)ccc3n21. The second kappa shape index (κ2) is 13.5. The van der Waals surface area contributed by atoms with E-state index in [9.17, 15) is 0 Å². The molecule has 65 heavy (non-hydrogen) atoms. The van der Waals surface area contributed by atoms with Crippen LogP contribution in [0.25, 0.3) is 106 Å².